The zero-order chi connectivity index (χ0) is 7.84. The molecule has 2 aromatic rings. The van der Waals surface area contributed by atoms with Crippen LogP contribution in [-0.4, -0.2) is 4.40 Å². The van der Waals surface area contributed by atoms with Crippen LogP contribution in [-0.2, 0) is 0 Å². The molecule has 0 N–H and O–H groups in total. The number of hydrogen-bond acceptors (Lipinski definition) is 0. The van der Waals surface area contributed by atoms with Gasteiger partial charge in [0.25, 0.3) is 0 Å². The van der Waals surface area contributed by atoms with Gasteiger partial charge in [0.1, 0.15) is 0 Å². The molecule has 56 valence electrons. The van der Waals surface area contributed by atoms with Crippen LogP contribution in [0.3, 0.4) is 0 Å². The summed E-state index contributed by atoms with van der Waals surface area (Å²) in [6.07, 6.45) is 2.11. The maximum absolute atomic E-state index is 2.19. The van der Waals surface area contributed by atoms with E-state index >= 15 is 0 Å². The Morgan fingerprint density at radius 3 is 2.73 bits per heavy atom. The van der Waals surface area contributed by atoms with Crippen molar-refractivity contribution in [2.45, 2.75) is 13.8 Å². The lowest BCUT2D eigenvalue weighted by Gasteiger charge is -1.97. The third-order valence-corrected chi connectivity index (χ3v) is 2.02. The van der Waals surface area contributed by atoms with Crippen LogP contribution in [0.5, 0.6) is 0 Å². The Morgan fingerprint density at radius 1 is 1.09 bits per heavy atom. The molecule has 0 aliphatic carbocycles. The molecule has 0 unspecified atom stereocenters. The van der Waals surface area contributed by atoms with Crippen molar-refractivity contribution in [2.75, 3.05) is 0 Å². The van der Waals surface area contributed by atoms with E-state index in [0.717, 1.165) is 0 Å². The standard InChI is InChI=1S/C10H11N/c1-8-5-6-11-9(2)3-4-10(11)7-8/h3-7H,1-2H3. The molecule has 11 heavy (non-hydrogen) atoms. The largest absolute Gasteiger partial charge is 0.321 e. The van der Waals surface area contributed by atoms with E-state index in [0.29, 0.717) is 0 Å². The molecule has 0 saturated heterocycles. The lowest BCUT2D eigenvalue weighted by Crippen LogP contribution is -1.85. The van der Waals surface area contributed by atoms with Gasteiger partial charge >= 0.3 is 0 Å². The molecule has 1 nitrogen and oxygen atoms in total. The van der Waals surface area contributed by atoms with E-state index in [-0.39, 0.29) is 0 Å². The van der Waals surface area contributed by atoms with Gasteiger partial charge in [0.15, 0.2) is 0 Å². The average Bonchev–Trinajstić information content (AvgIpc) is 2.32. The Balaban J connectivity index is 2.86. The van der Waals surface area contributed by atoms with Crippen molar-refractivity contribution < 1.29 is 0 Å². The van der Waals surface area contributed by atoms with Crippen LogP contribution in [0.15, 0.2) is 30.5 Å². The minimum absolute atomic E-state index is 1.28. The van der Waals surface area contributed by atoms with E-state index in [1.54, 1.807) is 0 Å². The molecule has 0 bridgehead atoms. The van der Waals surface area contributed by atoms with E-state index in [9.17, 15) is 0 Å². The first kappa shape index (κ1) is 6.47. The van der Waals surface area contributed by atoms with Crippen molar-refractivity contribution in [3.8, 4) is 0 Å². The molecule has 0 aromatic carbocycles. The fourth-order valence-electron chi connectivity index (χ4n) is 1.36. The van der Waals surface area contributed by atoms with Gasteiger partial charge in [0.05, 0.1) is 0 Å². The number of rotatable bonds is 0. The SMILES string of the molecule is Cc1ccn2c(C)ccc2c1. The summed E-state index contributed by atoms with van der Waals surface area (Å²) >= 11 is 0. The van der Waals surface area contributed by atoms with Crippen LogP contribution in [0.2, 0.25) is 0 Å². The van der Waals surface area contributed by atoms with Gasteiger partial charge in [-0.05, 0) is 43.7 Å². The van der Waals surface area contributed by atoms with Crippen LogP contribution < -0.4 is 0 Å². The molecule has 0 aliphatic rings. The van der Waals surface area contributed by atoms with Gasteiger partial charge in [-0.25, -0.2) is 0 Å². The molecular weight excluding hydrogens is 134 g/mol. The van der Waals surface area contributed by atoms with Crippen molar-refractivity contribution >= 4 is 5.52 Å². The van der Waals surface area contributed by atoms with Gasteiger partial charge in [-0.15, -0.1) is 0 Å². The summed E-state index contributed by atoms with van der Waals surface area (Å²) in [5.74, 6) is 0. The van der Waals surface area contributed by atoms with Crippen molar-refractivity contribution in [3.05, 3.63) is 41.7 Å². The van der Waals surface area contributed by atoms with Crippen molar-refractivity contribution in [3.63, 3.8) is 0 Å². The quantitative estimate of drug-likeness (QED) is 0.536. The van der Waals surface area contributed by atoms with Gasteiger partial charge in [0, 0.05) is 17.4 Å². The van der Waals surface area contributed by atoms with E-state index < -0.39 is 0 Å². The second-order valence-corrected chi connectivity index (χ2v) is 2.97. The molecule has 0 spiro atoms. The first-order chi connectivity index (χ1) is 5.27. The van der Waals surface area contributed by atoms with E-state index in [4.69, 9.17) is 0 Å². The number of fused-ring (bicyclic) bond motifs is 1. The highest BCUT2D eigenvalue weighted by atomic mass is 14.9. The topological polar surface area (TPSA) is 4.41 Å². The minimum Gasteiger partial charge on any atom is -0.321 e. The smallest absolute Gasteiger partial charge is 0.0455 e. The first-order valence-corrected chi connectivity index (χ1v) is 3.82. The van der Waals surface area contributed by atoms with Crippen LogP contribution in [0, 0.1) is 13.8 Å². The fourth-order valence-corrected chi connectivity index (χ4v) is 1.36. The summed E-state index contributed by atoms with van der Waals surface area (Å²) in [4.78, 5) is 0. The second kappa shape index (κ2) is 2.12. The molecule has 0 atom stereocenters. The zero-order valence-corrected chi connectivity index (χ0v) is 6.83. The number of aromatic nitrogens is 1. The lowest BCUT2D eigenvalue weighted by molar-refractivity contribution is 1.10. The van der Waals surface area contributed by atoms with Crippen molar-refractivity contribution in [1.82, 2.24) is 4.40 Å². The minimum atomic E-state index is 1.28. The van der Waals surface area contributed by atoms with Crippen LogP contribution in [0.25, 0.3) is 5.52 Å². The van der Waals surface area contributed by atoms with Crippen LogP contribution >= 0.6 is 0 Å². The van der Waals surface area contributed by atoms with Gasteiger partial charge in [0.2, 0.25) is 0 Å². The maximum atomic E-state index is 2.19. The Morgan fingerprint density at radius 2 is 1.91 bits per heavy atom. The summed E-state index contributed by atoms with van der Waals surface area (Å²) in [6, 6.07) is 8.59. The normalized spacial score (nSPS) is 10.7. The highest BCUT2D eigenvalue weighted by Gasteiger charge is 1.94. The van der Waals surface area contributed by atoms with E-state index in [1.165, 1.54) is 16.8 Å². The average molecular weight is 145 g/mol. The molecule has 1 heteroatoms. The summed E-state index contributed by atoms with van der Waals surface area (Å²) < 4.78 is 2.19. The fraction of sp³-hybridized carbons (Fsp3) is 0.200. The van der Waals surface area contributed by atoms with Gasteiger partial charge in [-0.2, -0.15) is 0 Å². The number of hydrogen-bond donors (Lipinski definition) is 0. The molecule has 2 heterocycles. The lowest BCUT2D eigenvalue weighted by atomic mass is 10.3. The highest BCUT2D eigenvalue weighted by molar-refractivity contribution is 5.51. The third-order valence-electron chi connectivity index (χ3n) is 2.02. The molecule has 0 aliphatic heterocycles. The zero-order valence-electron chi connectivity index (χ0n) is 6.83. The molecule has 2 aromatic heterocycles. The second-order valence-electron chi connectivity index (χ2n) is 2.97. The van der Waals surface area contributed by atoms with Gasteiger partial charge < -0.3 is 4.40 Å². The third kappa shape index (κ3) is 0.929. The summed E-state index contributed by atoms with van der Waals surface area (Å²) in [7, 11) is 0. The Kier molecular flexibility index (Phi) is 1.25. The Hall–Kier alpha value is -1.24. The molecule has 0 fully saturated rings. The molecule has 0 amide bonds. The van der Waals surface area contributed by atoms with Gasteiger partial charge in [-0.1, -0.05) is 0 Å². The highest BCUT2D eigenvalue weighted by Crippen LogP contribution is 2.10. The van der Waals surface area contributed by atoms with E-state index in [2.05, 4.69) is 48.7 Å². The predicted octanol–water partition coefficient (Wildman–Crippen LogP) is 2.56. The number of pyridine rings is 1. The monoisotopic (exact) mass is 145 g/mol. The summed E-state index contributed by atoms with van der Waals surface area (Å²) in [6.45, 7) is 4.23. The van der Waals surface area contributed by atoms with Crippen LogP contribution in [0.4, 0.5) is 0 Å². The van der Waals surface area contributed by atoms with E-state index in [1.807, 2.05) is 0 Å². The maximum Gasteiger partial charge on any atom is 0.0455 e. The molecule has 0 saturated carbocycles. The van der Waals surface area contributed by atoms with Crippen molar-refractivity contribution in [1.29, 1.82) is 0 Å². The molecular formula is C10H11N. The number of nitrogens with zero attached hydrogens (tertiary/aromatic N) is 1. The molecule has 0 radical (unpaired) electrons. The summed E-state index contributed by atoms with van der Waals surface area (Å²) in [5, 5.41) is 0. The van der Waals surface area contributed by atoms with Gasteiger partial charge in [-0.3, -0.25) is 0 Å². The summed E-state index contributed by atoms with van der Waals surface area (Å²) in [5.41, 5.74) is 3.89. The van der Waals surface area contributed by atoms with Crippen LogP contribution in [0.1, 0.15) is 11.3 Å². The number of aryl methyl sites for hydroxylation is 2. The molecule has 2 rings (SSSR count). The Labute approximate surface area is 66.3 Å². The predicted molar refractivity (Wildman–Crippen MR) is 46.9 cm³/mol. The Bertz CT molecular complexity index is 385. The van der Waals surface area contributed by atoms with Crippen molar-refractivity contribution in [2.24, 2.45) is 0 Å². The first-order valence-electron chi connectivity index (χ1n) is 3.82.